The van der Waals surface area contributed by atoms with E-state index in [-0.39, 0.29) is 11.5 Å². The van der Waals surface area contributed by atoms with Crippen LogP contribution in [-0.2, 0) is 0 Å². The molecule has 7 heteroatoms. The number of hydrogen-bond donors (Lipinski definition) is 3. The maximum absolute atomic E-state index is 13.3. The Kier molecular flexibility index (Phi) is 4.00. The van der Waals surface area contributed by atoms with Crippen LogP contribution in [-0.4, -0.2) is 18.7 Å². The van der Waals surface area contributed by atoms with Gasteiger partial charge in [0, 0.05) is 6.07 Å². The number of halogens is 1. The van der Waals surface area contributed by atoms with E-state index in [1.807, 2.05) is 0 Å². The fourth-order valence-electron chi connectivity index (χ4n) is 1.00. The molecule has 0 saturated heterocycles. The minimum absolute atomic E-state index is 0.103. The molecule has 4 N–H and O–H groups in total. The van der Waals surface area contributed by atoms with Crippen molar-refractivity contribution in [1.82, 2.24) is 0 Å². The average molecular weight is 235 g/mol. The molecule has 0 aliphatic rings. The molecule has 0 unspecified atom stereocenters. The molecule has 1 aromatic carbocycles. The third-order valence-electron chi connectivity index (χ3n) is 1.81. The van der Waals surface area contributed by atoms with Gasteiger partial charge in [-0.3, -0.25) is 10.8 Å². The summed E-state index contributed by atoms with van der Waals surface area (Å²) in [4.78, 5) is 0. The lowest BCUT2D eigenvalue weighted by atomic mass is 10.3. The molecular weight excluding hydrogens is 225 g/mol. The van der Waals surface area contributed by atoms with Crippen molar-refractivity contribution in [3.8, 4) is 11.8 Å². The van der Waals surface area contributed by atoms with E-state index in [4.69, 9.17) is 21.1 Å². The predicted octanol–water partition coefficient (Wildman–Crippen LogP) is 1.06. The molecule has 0 aliphatic heterocycles. The molecule has 0 radical (unpaired) electrons. The smallest absolute Gasteiger partial charge is 0.201 e. The Morgan fingerprint density at radius 2 is 2.35 bits per heavy atom. The summed E-state index contributed by atoms with van der Waals surface area (Å²) in [6.07, 6.45) is 0. The van der Waals surface area contributed by atoms with Crippen molar-refractivity contribution in [2.45, 2.75) is 0 Å². The number of hydrogen-bond acceptors (Lipinski definition) is 5. The average Bonchev–Trinajstić information content (AvgIpc) is 2.29. The maximum Gasteiger partial charge on any atom is 0.201 e. The van der Waals surface area contributed by atoms with Crippen LogP contribution in [0.1, 0.15) is 0 Å². The van der Waals surface area contributed by atoms with Crippen molar-refractivity contribution in [3.05, 3.63) is 24.0 Å². The largest absolute Gasteiger partial charge is 0.494 e. The third kappa shape index (κ3) is 3.17. The molecule has 0 spiro atoms. The van der Waals surface area contributed by atoms with Gasteiger partial charge in [-0.25, -0.2) is 4.39 Å². The van der Waals surface area contributed by atoms with Crippen LogP contribution < -0.4 is 15.9 Å². The number of rotatable bonds is 4. The molecule has 1 rings (SSSR count). The van der Waals surface area contributed by atoms with E-state index in [2.05, 4.69) is 10.5 Å². The third-order valence-corrected chi connectivity index (χ3v) is 1.81. The highest BCUT2D eigenvalue weighted by atomic mass is 19.1. The highest BCUT2D eigenvalue weighted by Gasteiger charge is 2.04. The predicted molar refractivity (Wildman–Crippen MR) is 61.5 cm³/mol. The molecule has 0 atom stereocenters. The Morgan fingerprint density at radius 1 is 1.65 bits per heavy atom. The van der Waals surface area contributed by atoms with E-state index in [9.17, 15) is 4.39 Å². The van der Waals surface area contributed by atoms with E-state index in [1.54, 1.807) is 6.07 Å². The standard InChI is InChI=1S/C10H10FN5O/c1-17-9-3-2-6(4-7(9)11)15-16-8(5-12)10(13)14/h2-4,15H,1H3,(H3,13,14)/b16-8+. The first-order valence-corrected chi connectivity index (χ1v) is 4.50. The first-order chi connectivity index (χ1) is 8.08. The maximum atomic E-state index is 13.3. The van der Waals surface area contributed by atoms with Crippen molar-refractivity contribution >= 4 is 17.2 Å². The molecule has 0 heterocycles. The van der Waals surface area contributed by atoms with Gasteiger partial charge in [0.25, 0.3) is 0 Å². The van der Waals surface area contributed by atoms with E-state index < -0.39 is 11.7 Å². The summed E-state index contributed by atoms with van der Waals surface area (Å²) in [5.74, 6) is -0.922. The Balaban J connectivity index is 2.87. The van der Waals surface area contributed by atoms with Crippen LogP contribution in [0.25, 0.3) is 0 Å². The van der Waals surface area contributed by atoms with Crippen LogP contribution in [0.4, 0.5) is 10.1 Å². The van der Waals surface area contributed by atoms with Crippen molar-refractivity contribution in [2.24, 2.45) is 10.8 Å². The Hall–Kier alpha value is -2.62. The molecule has 0 aliphatic carbocycles. The molecule has 0 fully saturated rings. The molecule has 0 saturated carbocycles. The number of anilines is 1. The number of nitriles is 1. The molecule has 0 aromatic heterocycles. The van der Waals surface area contributed by atoms with Gasteiger partial charge in [0.1, 0.15) is 6.07 Å². The number of nitrogens with two attached hydrogens (primary N) is 1. The van der Waals surface area contributed by atoms with E-state index in [0.29, 0.717) is 5.69 Å². The van der Waals surface area contributed by atoms with Crippen molar-refractivity contribution < 1.29 is 9.13 Å². The fraction of sp³-hybridized carbons (Fsp3) is 0.100. The van der Waals surface area contributed by atoms with Crippen molar-refractivity contribution in [3.63, 3.8) is 0 Å². The molecular formula is C10H10FN5O. The topological polar surface area (TPSA) is 107 Å². The highest BCUT2D eigenvalue weighted by Crippen LogP contribution is 2.20. The van der Waals surface area contributed by atoms with Gasteiger partial charge in [-0.2, -0.15) is 10.4 Å². The Morgan fingerprint density at radius 3 is 2.82 bits per heavy atom. The zero-order valence-electron chi connectivity index (χ0n) is 8.99. The first-order valence-electron chi connectivity index (χ1n) is 4.50. The van der Waals surface area contributed by atoms with Crippen LogP contribution in [0.3, 0.4) is 0 Å². The minimum atomic E-state index is -0.561. The second kappa shape index (κ2) is 5.46. The normalized spacial score (nSPS) is 10.5. The molecule has 0 bridgehead atoms. The number of benzene rings is 1. The van der Waals surface area contributed by atoms with E-state index >= 15 is 0 Å². The Labute approximate surface area is 97.0 Å². The summed E-state index contributed by atoms with van der Waals surface area (Å²) >= 11 is 0. The minimum Gasteiger partial charge on any atom is -0.494 e. The fourth-order valence-corrected chi connectivity index (χ4v) is 1.00. The summed E-state index contributed by atoms with van der Waals surface area (Å²) in [5, 5.41) is 19.1. The van der Waals surface area contributed by atoms with Gasteiger partial charge >= 0.3 is 0 Å². The number of hydrazone groups is 1. The lowest BCUT2D eigenvalue weighted by molar-refractivity contribution is 0.386. The van der Waals surface area contributed by atoms with Gasteiger partial charge in [0.05, 0.1) is 12.8 Å². The van der Waals surface area contributed by atoms with Crippen molar-refractivity contribution in [2.75, 3.05) is 12.5 Å². The Bertz CT molecular complexity index is 506. The number of methoxy groups -OCH3 is 1. The summed E-state index contributed by atoms with van der Waals surface area (Å²) in [5.41, 5.74) is 7.54. The van der Waals surface area contributed by atoms with Crippen LogP contribution in [0.15, 0.2) is 23.3 Å². The van der Waals surface area contributed by atoms with Gasteiger partial charge in [0.15, 0.2) is 17.4 Å². The number of nitrogens with zero attached hydrogens (tertiary/aromatic N) is 2. The van der Waals surface area contributed by atoms with Gasteiger partial charge in [-0.15, -0.1) is 0 Å². The van der Waals surface area contributed by atoms with Gasteiger partial charge in [-0.1, -0.05) is 0 Å². The highest BCUT2D eigenvalue weighted by molar-refractivity contribution is 6.45. The van der Waals surface area contributed by atoms with Crippen LogP contribution in [0, 0.1) is 22.6 Å². The molecule has 0 amide bonds. The van der Waals surface area contributed by atoms with Crippen LogP contribution in [0.5, 0.6) is 5.75 Å². The van der Waals surface area contributed by atoms with Gasteiger partial charge in [-0.05, 0) is 12.1 Å². The van der Waals surface area contributed by atoms with Crippen molar-refractivity contribution in [1.29, 1.82) is 10.7 Å². The van der Waals surface area contributed by atoms with Crippen LogP contribution >= 0.6 is 0 Å². The van der Waals surface area contributed by atoms with E-state index in [0.717, 1.165) is 6.07 Å². The lowest BCUT2D eigenvalue weighted by Gasteiger charge is -2.04. The molecule has 6 nitrogen and oxygen atoms in total. The van der Waals surface area contributed by atoms with Gasteiger partial charge in [0.2, 0.25) is 5.71 Å². The SMILES string of the molecule is COc1ccc(N/N=C(\C#N)C(=N)N)cc1F. The van der Waals surface area contributed by atoms with Crippen LogP contribution in [0.2, 0.25) is 0 Å². The monoisotopic (exact) mass is 235 g/mol. The number of amidine groups is 1. The zero-order chi connectivity index (χ0) is 12.8. The quantitative estimate of drug-likeness (QED) is 0.412. The second-order valence-corrected chi connectivity index (χ2v) is 2.95. The van der Waals surface area contributed by atoms with Gasteiger partial charge < -0.3 is 10.5 Å². The summed E-state index contributed by atoms with van der Waals surface area (Å²) in [6.45, 7) is 0. The molecule has 88 valence electrons. The zero-order valence-corrected chi connectivity index (χ0v) is 8.99. The number of nitrogens with one attached hydrogen (secondary N) is 2. The summed E-state index contributed by atoms with van der Waals surface area (Å²) in [6, 6.07) is 5.70. The summed E-state index contributed by atoms with van der Waals surface area (Å²) in [7, 11) is 1.35. The number of ether oxygens (including phenoxy) is 1. The molecule has 1 aromatic rings. The lowest BCUT2D eigenvalue weighted by Crippen LogP contribution is -2.21. The summed E-state index contributed by atoms with van der Waals surface area (Å²) < 4.78 is 18.0. The van der Waals surface area contributed by atoms with E-state index in [1.165, 1.54) is 19.2 Å². The second-order valence-electron chi connectivity index (χ2n) is 2.95. The molecule has 17 heavy (non-hydrogen) atoms. The first kappa shape index (κ1) is 12.4.